The zero-order chi connectivity index (χ0) is 13.7. The second-order valence-corrected chi connectivity index (χ2v) is 5.12. The van der Waals surface area contributed by atoms with E-state index in [-0.39, 0.29) is 5.91 Å². The molecule has 4 nitrogen and oxygen atoms in total. The molecule has 0 saturated heterocycles. The van der Waals surface area contributed by atoms with Crippen molar-refractivity contribution in [1.29, 1.82) is 5.26 Å². The molecule has 19 heavy (non-hydrogen) atoms. The SMILES string of the molecule is CC1CC(C#N)(C(=O)NCCOc2ccccc2)C1. The molecule has 0 aliphatic heterocycles. The van der Waals surface area contributed by atoms with Gasteiger partial charge in [-0.2, -0.15) is 5.26 Å². The summed E-state index contributed by atoms with van der Waals surface area (Å²) in [5.41, 5.74) is -0.799. The summed E-state index contributed by atoms with van der Waals surface area (Å²) in [6.45, 7) is 2.89. The van der Waals surface area contributed by atoms with Crippen LogP contribution in [-0.4, -0.2) is 19.1 Å². The van der Waals surface area contributed by atoms with E-state index in [0.717, 1.165) is 5.75 Å². The van der Waals surface area contributed by atoms with Crippen molar-refractivity contribution >= 4 is 5.91 Å². The van der Waals surface area contributed by atoms with E-state index in [1.807, 2.05) is 30.3 Å². The minimum absolute atomic E-state index is 0.162. The van der Waals surface area contributed by atoms with Gasteiger partial charge < -0.3 is 10.1 Å². The minimum atomic E-state index is -0.799. The number of carbonyl (C=O) groups excluding carboxylic acids is 1. The number of nitriles is 1. The van der Waals surface area contributed by atoms with E-state index in [9.17, 15) is 4.79 Å². The van der Waals surface area contributed by atoms with Crippen molar-refractivity contribution in [2.45, 2.75) is 19.8 Å². The predicted octanol–water partition coefficient (Wildman–Crippen LogP) is 2.12. The normalized spacial score (nSPS) is 24.9. The standard InChI is InChI=1S/C15H18N2O2/c1-12-9-15(10-12,11-16)14(18)17-7-8-19-13-5-3-2-4-6-13/h2-6,12H,7-10H2,1H3,(H,17,18). The van der Waals surface area contributed by atoms with E-state index >= 15 is 0 Å². The Kier molecular flexibility index (Phi) is 4.06. The van der Waals surface area contributed by atoms with Crippen LogP contribution in [0.2, 0.25) is 0 Å². The van der Waals surface area contributed by atoms with Gasteiger partial charge in [-0.25, -0.2) is 0 Å². The topological polar surface area (TPSA) is 62.1 Å². The maximum absolute atomic E-state index is 11.9. The van der Waals surface area contributed by atoms with Gasteiger partial charge in [0, 0.05) is 0 Å². The molecule has 1 aromatic rings. The first-order chi connectivity index (χ1) is 9.16. The van der Waals surface area contributed by atoms with Crippen LogP contribution in [0.1, 0.15) is 19.8 Å². The van der Waals surface area contributed by atoms with Gasteiger partial charge in [-0.15, -0.1) is 0 Å². The van der Waals surface area contributed by atoms with E-state index in [1.54, 1.807) is 0 Å². The third-order valence-corrected chi connectivity index (χ3v) is 3.44. The minimum Gasteiger partial charge on any atom is -0.492 e. The van der Waals surface area contributed by atoms with Gasteiger partial charge in [0.2, 0.25) is 5.91 Å². The van der Waals surface area contributed by atoms with E-state index in [2.05, 4.69) is 18.3 Å². The number of para-hydroxylation sites is 1. The van der Waals surface area contributed by atoms with Crippen LogP contribution in [0.15, 0.2) is 30.3 Å². The first-order valence-corrected chi connectivity index (χ1v) is 6.54. The third-order valence-electron chi connectivity index (χ3n) is 3.44. The Hall–Kier alpha value is -2.02. The number of nitrogens with one attached hydrogen (secondary N) is 1. The number of hydrogen-bond acceptors (Lipinski definition) is 3. The second kappa shape index (κ2) is 5.75. The Bertz CT molecular complexity index is 473. The van der Waals surface area contributed by atoms with Crippen molar-refractivity contribution in [1.82, 2.24) is 5.32 Å². The van der Waals surface area contributed by atoms with Crippen LogP contribution in [-0.2, 0) is 4.79 Å². The van der Waals surface area contributed by atoms with Gasteiger partial charge in [-0.05, 0) is 30.9 Å². The smallest absolute Gasteiger partial charge is 0.240 e. The summed E-state index contributed by atoms with van der Waals surface area (Å²) in [5, 5.41) is 11.9. The first kappa shape index (κ1) is 13.4. The number of benzene rings is 1. The quantitative estimate of drug-likeness (QED) is 0.823. The average Bonchev–Trinajstić information content (AvgIpc) is 2.40. The van der Waals surface area contributed by atoms with Crippen LogP contribution >= 0.6 is 0 Å². The Morgan fingerprint density at radius 2 is 2.16 bits per heavy atom. The molecule has 0 heterocycles. The molecule has 2 rings (SSSR count). The van der Waals surface area contributed by atoms with Crippen LogP contribution in [0.5, 0.6) is 5.75 Å². The van der Waals surface area contributed by atoms with Crippen molar-refractivity contribution in [2.24, 2.45) is 11.3 Å². The fraction of sp³-hybridized carbons (Fsp3) is 0.467. The molecule has 1 amide bonds. The van der Waals surface area contributed by atoms with Gasteiger partial charge in [0.25, 0.3) is 0 Å². The zero-order valence-corrected chi connectivity index (χ0v) is 11.1. The van der Waals surface area contributed by atoms with Gasteiger partial charge >= 0.3 is 0 Å². The molecule has 0 aromatic heterocycles. The van der Waals surface area contributed by atoms with Crippen LogP contribution in [0, 0.1) is 22.7 Å². The van der Waals surface area contributed by atoms with E-state index < -0.39 is 5.41 Å². The van der Waals surface area contributed by atoms with Gasteiger partial charge in [-0.1, -0.05) is 25.1 Å². The number of carbonyl (C=O) groups is 1. The Morgan fingerprint density at radius 1 is 1.47 bits per heavy atom. The molecule has 0 radical (unpaired) electrons. The van der Waals surface area contributed by atoms with Crippen LogP contribution in [0.3, 0.4) is 0 Å². The summed E-state index contributed by atoms with van der Waals surface area (Å²) in [5.74, 6) is 1.08. The van der Waals surface area contributed by atoms with Gasteiger partial charge in [0.05, 0.1) is 12.6 Å². The van der Waals surface area contributed by atoms with Crippen LogP contribution in [0.4, 0.5) is 0 Å². The molecule has 1 aliphatic carbocycles. The number of rotatable bonds is 5. The highest BCUT2D eigenvalue weighted by atomic mass is 16.5. The van der Waals surface area contributed by atoms with Gasteiger partial charge in [0.15, 0.2) is 0 Å². The zero-order valence-electron chi connectivity index (χ0n) is 11.1. The molecular weight excluding hydrogens is 240 g/mol. The summed E-state index contributed by atoms with van der Waals surface area (Å²) < 4.78 is 5.48. The number of ether oxygens (including phenoxy) is 1. The fourth-order valence-corrected chi connectivity index (χ4v) is 2.48. The lowest BCUT2D eigenvalue weighted by Crippen LogP contribution is -2.48. The number of hydrogen-bond donors (Lipinski definition) is 1. The van der Waals surface area contributed by atoms with Crippen LogP contribution < -0.4 is 10.1 Å². The Labute approximate surface area is 113 Å². The van der Waals surface area contributed by atoms with Crippen molar-refractivity contribution in [3.8, 4) is 11.8 Å². The molecule has 1 aromatic carbocycles. The van der Waals surface area contributed by atoms with Crippen LogP contribution in [0.25, 0.3) is 0 Å². The molecule has 0 spiro atoms. The molecular formula is C15H18N2O2. The van der Waals surface area contributed by atoms with Gasteiger partial charge in [-0.3, -0.25) is 4.79 Å². The van der Waals surface area contributed by atoms with Gasteiger partial charge in [0.1, 0.15) is 17.8 Å². The molecule has 1 fully saturated rings. The lowest BCUT2D eigenvalue weighted by Gasteiger charge is -2.39. The first-order valence-electron chi connectivity index (χ1n) is 6.54. The lowest BCUT2D eigenvalue weighted by atomic mass is 9.63. The summed E-state index contributed by atoms with van der Waals surface area (Å²) in [6.07, 6.45) is 1.32. The summed E-state index contributed by atoms with van der Waals surface area (Å²) in [6, 6.07) is 11.6. The lowest BCUT2D eigenvalue weighted by molar-refractivity contribution is -0.134. The maximum atomic E-state index is 11.9. The molecule has 0 atom stereocenters. The molecule has 100 valence electrons. The molecule has 1 saturated carbocycles. The predicted molar refractivity (Wildman–Crippen MR) is 71.4 cm³/mol. The molecule has 4 heteroatoms. The molecule has 0 unspecified atom stereocenters. The fourth-order valence-electron chi connectivity index (χ4n) is 2.48. The second-order valence-electron chi connectivity index (χ2n) is 5.12. The van der Waals surface area contributed by atoms with E-state index in [1.165, 1.54) is 0 Å². The monoisotopic (exact) mass is 258 g/mol. The van der Waals surface area contributed by atoms with Crippen molar-refractivity contribution in [3.05, 3.63) is 30.3 Å². The summed E-state index contributed by atoms with van der Waals surface area (Å²) in [7, 11) is 0. The highest BCUT2D eigenvalue weighted by Crippen LogP contribution is 2.44. The maximum Gasteiger partial charge on any atom is 0.240 e. The largest absolute Gasteiger partial charge is 0.492 e. The molecule has 1 N–H and O–H groups in total. The highest BCUT2D eigenvalue weighted by Gasteiger charge is 2.48. The van der Waals surface area contributed by atoms with Crippen molar-refractivity contribution in [3.63, 3.8) is 0 Å². The summed E-state index contributed by atoms with van der Waals surface area (Å²) >= 11 is 0. The highest BCUT2D eigenvalue weighted by molar-refractivity contribution is 5.86. The van der Waals surface area contributed by atoms with E-state index in [0.29, 0.717) is 31.9 Å². The Balaban J connectivity index is 1.72. The van der Waals surface area contributed by atoms with Crippen molar-refractivity contribution in [2.75, 3.05) is 13.2 Å². The number of amides is 1. The average molecular weight is 258 g/mol. The summed E-state index contributed by atoms with van der Waals surface area (Å²) in [4.78, 5) is 11.9. The van der Waals surface area contributed by atoms with E-state index in [4.69, 9.17) is 10.00 Å². The molecule has 1 aliphatic rings. The molecule has 0 bridgehead atoms. The Morgan fingerprint density at radius 3 is 2.74 bits per heavy atom. The van der Waals surface area contributed by atoms with Crippen molar-refractivity contribution < 1.29 is 9.53 Å². The number of nitrogens with zero attached hydrogens (tertiary/aromatic N) is 1. The third kappa shape index (κ3) is 3.05.